The summed E-state index contributed by atoms with van der Waals surface area (Å²) in [6, 6.07) is 0. The van der Waals surface area contributed by atoms with Crippen molar-refractivity contribution in [2.24, 2.45) is 0 Å². The number of carbonyl (C=O) groups excluding carboxylic acids is 1. The molecule has 102 valence electrons. The minimum atomic E-state index is -0.154. The molecule has 1 amide bonds. The van der Waals surface area contributed by atoms with Gasteiger partial charge in [-0.2, -0.15) is 0 Å². The first-order valence-corrected chi connectivity index (χ1v) is 6.55. The van der Waals surface area contributed by atoms with Crippen LogP contribution in [0.3, 0.4) is 0 Å². The van der Waals surface area contributed by atoms with Gasteiger partial charge in [-0.25, -0.2) is 0 Å². The Balaban J connectivity index is 0.000000306. The van der Waals surface area contributed by atoms with Crippen LogP contribution in [0.4, 0.5) is 0 Å². The predicted octanol–water partition coefficient (Wildman–Crippen LogP) is 1.60. The van der Waals surface area contributed by atoms with Crippen LogP contribution in [-0.2, 0) is 9.53 Å². The molecule has 2 rings (SSSR count). The van der Waals surface area contributed by atoms with Gasteiger partial charge in [0.05, 0.1) is 12.2 Å². The molecule has 2 heterocycles. The third-order valence-electron chi connectivity index (χ3n) is 2.68. The van der Waals surface area contributed by atoms with Gasteiger partial charge >= 0.3 is 0 Å². The summed E-state index contributed by atoms with van der Waals surface area (Å²) in [5.41, 5.74) is -0.154. The number of morpholine rings is 1. The van der Waals surface area contributed by atoms with Crippen molar-refractivity contribution in [3.05, 3.63) is 0 Å². The maximum Gasteiger partial charge on any atom is 0.209 e. The normalized spacial score (nSPS) is 22.3. The first-order chi connectivity index (χ1) is 8.03. The largest absolute Gasteiger partial charge is 0.372 e. The third-order valence-corrected chi connectivity index (χ3v) is 2.68. The van der Waals surface area contributed by atoms with Crippen molar-refractivity contribution in [3.8, 4) is 0 Å². The molecule has 2 aliphatic rings. The maximum absolute atomic E-state index is 10.3. The highest BCUT2D eigenvalue weighted by atomic mass is 16.5. The SMILES string of the molecule is CC.CC1(C)CN(C=O)CCO1.CN1CCC1. The zero-order valence-electron chi connectivity index (χ0n) is 12.0. The molecule has 0 unspecified atom stereocenters. The summed E-state index contributed by atoms with van der Waals surface area (Å²) in [5, 5.41) is 0. The number of likely N-dealkylation sites (tertiary alicyclic amines) is 1. The van der Waals surface area contributed by atoms with Crippen LogP contribution >= 0.6 is 0 Å². The molecule has 0 bridgehead atoms. The molecule has 2 aliphatic heterocycles. The topological polar surface area (TPSA) is 32.8 Å². The van der Waals surface area contributed by atoms with Crippen molar-refractivity contribution >= 4 is 6.41 Å². The fourth-order valence-corrected chi connectivity index (χ4v) is 1.62. The van der Waals surface area contributed by atoms with Crippen molar-refractivity contribution in [1.29, 1.82) is 0 Å². The molecule has 0 atom stereocenters. The van der Waals surface area contributed by atoms with Gasteiger partial charge in [-0.15, -0.1) is 0 Å². The van der Waals surface area contributed by atoms with Gasteiger partial charge in [-0.1, -0.05) is 13.8 Å². The summed E-state index contributed by atoms with van der Waals surface area (Å²) in [6.45, 7) is 12.7. The lowest BCUT2D eigenvalue weighted by Gasteiger charge is -2.35. The maximum atomic E-state index is 10.3. The van der Waals surface area contributed by atoms with E-state index in [0.29, 0.717) is 13.2 Å². The Morgan fingerprint density at radius 1 is 1.18 bits per heavy atom. The number of carbonyl (C=O) groups is 1. The van der Waals surface area contributed by atoms with Gasteiger partial charge in [0.15, 0.2) is 0 Å². The Morgan fingerprint density at radius 3 is 1.94 bits per heavy atom. The lowest BCUT2D eigenvalue weighted by Crippen LogP contribution is -2.47. The van der Waals surface area contributed by atoms with Crippen LogP contribution in [0.25, 0.3) is 0 Å². The van der Waals surface area contributed by atoms with E-state index >= 15 is 0 Å². The van der Waals surface area contributed by atoms with E-state index in [0.717, 1.165) is 13.0 Å². The Morgan fingerprint density at radius 2 is 1.71 bits per heavy atom. The van der Waals surface area contributed by atoms with Crippen molar-refractivity contribution in [3.63, 3.8) is 0 Å². The van der Waals surface area contributed by atoms with E-state index in [-0.39, 0.29) is 5.60 Å². The smallest absolute Gasteiger partial charge is 0.209 e. The summed E-state index contributed by atoms with van der Waals surface area (Å²) in [5.74, 6) is 0. The van der Waals surface area contributed by atoms with Gasteiger partial charge in [0, 0.05) is 13.1 Å². The average molecular weight is 244 g/mol. The molecule has 17 heavy (non-hydrogen) atoms. The van der Waals surface area contributed by atoms with Gasteiger partial charge in [0.25, 0.3) is 0 Å². The molecule has 4 nitrogen and oxygen atoms in total. The number of ether oxygens (including phenoxy) is 1. The molecule has 2 fully saturated rings. The highest BCUT2D eigenvalue weighted by Crippen LogP contribution is 2.14. The quantitative estimate of drug-likeness (QED) is 0.657. The molecule has 0 saturated carbocycles. The van der Waals surface area contributed by atoms with Gasteiger partial charge in [-0.3, -0.25) is 4.79 Å². The van der Waals surface area contributed by atoms with E-state index < -0.39 is 0 Å². The van der Waals surface area contributed by atoms with Crippen LogP contribution in [0.2, 0.25) is 0 Å². The van der Waals surface area contributed by atoms with Crippen LogP contribution in [0, 0.1) is 0 Å². The zero-order valence-corrected chi connectivity index (χ0v) is 12.0. The average Bonchev–Trinajstić information content (AvgIpc) is 2.28. The van der Waals surface area contributed by atoms with Crippen molar-refractivity contribution in [2.45, 2.75) is 39.7 Å². The summed E-state index contributed by atoms with van der Waals surface area (Å²) >= 11 is 0. The van der Waals surface area contributed by atoms with Crippen LogP contribution < -0.4 is 0 Å². The molecule has 0 aromatic heterocycles. The summed E-state index contributed by atoms with van der Waals surface area (Å²) < 4.78 is 5.40. The third kappa shape index (κ3) is 7.34. The lowest BCUT2D eigenvalue weighted by atomic mass is 10.1. The molecule has 0 aromatic rings. The minimum Gasteiger partial charge on any atom is -0.372 e. The molecule has 4 heteroatoms. The summed E-state index contributed by atoms with van der Waals surface area (Å²) in [4.78, 5) is 14.4. The van der Waals surface area contributed by atoms with E-state index in [1.54, 1.807) is 4.90 Å². The first kappa shape index (κ1) is 16.4. The van der Waals surface area contributed by atoms with Gasteiger partial charge in [0.1, 0.15) is 0 Å². The molecule has 2 saturated heterocycles. The minimum absolute atomic E-state index is 0.154. The second-order valence-electron chi connectivity index (χ2n) is 4.84. The fourth-order valence-electron chi connectivity index (χ4n) is 1.62. The van der Waals surface area contributed by atoms with Gasteiger partial charge in [-0.05, 0) is 40.4 Å². The Kier molecular flexibility index (Phi) is 8.17. The predicted molar refractivity (Wildman–Crippen MR) is 71.1 cm³/mol. The number of rotatable bonds is 1. The molecular formula is C13H28N2O2. The van der Waals surface area contributed by atoms with E-state index in [2.05, 4.69) is 11.9 Å². The number of nitrogens with zero attached hydrogens (tertiary/aromatic N) is 2. The number of amides is 1. The van der Waals surface area contributed by atoms with Gasteiger partial charge < -0.3 is 14.5 Å². The molecule has 0 aliphatic carbocycles. The van der Waals surface area contributed by atoms with E-state index in [4.69, 9.17) is 4.74 Å². The first-order valence-electron chi connectivity index (χ1n) is 6.55. The molecule has 0 N–H and O–H groups in total. The van der Waals surface area contributed by atoms with Crippen molar-refractivity contribution in [2.75, 3.05) is 39.8 Å². The molecule has 0 aromatic carbocycles. The number of hydrogen-bond acceptors (Lipinski definition) is 3. The summed E-state index contributed by atoms with van der Waals surface area (Å²) in [7, 11) is 2.14. The Hall–Kier alpha value is -0.610. The highest BCUT2D eigenvalue weighted by Gasteiger charge is 2.25. The number of hydrogen-bond donors (Lipinski definition) is 0. The van der Waals surface area contributed by atoms with Crippen LogP contribution in [0.1, 0.15) is 34.1 Å². The molecule has 0 spiro atoms. The monoisotopic (exact) mass is 244 g/mol. The zero-order chi connectivity index (χ0) is 13.3. The lowest BCUT2D eigenvalue weighted by molar-refractivity contribution is -0.133. The Bertz CT molecular complexity index is 204. The van der Waals surface area contributed by atoms with Gasteiger partial charge in [0.2, 0.25) is 6.41 Å². The molecular weight excluding hydrogens is 216 g/mol. The van der Waals surface area contributed by atoms with E-state index in [1.165, 1.54) is 19.5 Å². The van der Waals surface area contributed by atoms with Crippen LogP contribution in [-0.4, -0.2) is 61.6 Å². The second kappa shape index (κ2) is 8.48. The summed E-state index contributed by atoms with van der Waals surface area (Å²) in [6.07, 6.45) is 2.29. The van der Waals surface area contributed by atoms with Crippen LogP contribution in [0.5, 0.6) is 0 Å². The highest BCUT2D eigenvalue weighted by molar-refractivity contribution is 5.47. The van der Waals surface area contributed by atoms with Crippen molar-refractivity contribution < 1.29 is 9.53 Å². The fraction of sp³-hybridized carbons (Fsp3) is 0.923. The molecule has 0 radical (unpaired) electrons. The standard InChI is InChI=1S/C7H13NO2.C4H9N.C2H6/c1-7(2)5-8(6-9)3-4-10-7;1-5-3-2-4-5;1-2/h6H,3-5H2,1-2H3;2-4H2,1H3;1-2H3. The van der Waals surface area contributed by atoms with E-state index in [9.17, 15) is 4.79 Å². The van der Waals surface area contributed by atoms with E-state index in [1.807, 2.05) is 27.7 Å². The van der Waals surface area contributed by atoms with Crippen molar-refractivity contribution in [1.82, 2.24) is 9.80 Å². The second-order valence-corrected chi connectivity index (χ2v) is 4.84. The Labute approximate surface area is 106 Å². The van der Waals surface area contributed by atoms with Crippen LogP contribution in [0.15, 0.2) is 0 Å².